The number of rotatable bonds is 7. The molecule has 1 aromatic heterocycles. The number of Topliss-reactive ketones (excluding diaryl/α,β-unsaturated/α-hetero) is 1. The molecular weight excluding hydrogens is 462 g/mol. The van der Waals surface area contributed by atoms with Gasteiger partial charge in [0.15, 0.2) is 10.9 Å². The van der Waals surface area contributed by atoms with Crippen LogP contribution in [-0.4, -0.2) is 56.3 Å². The Morgan fingerprint density at radius 2 is 1.82 bits per heavy atom. The minimum atomic E-state index is -3.84. The zero-order valence-electron chi connectivity index (χ0n) is 18.0. The third-order valence-electron chi connectivity index (χ3n) is 5.23. The molecular formula is C23H23N3O5S2. The average Bonchev–Trinajstić information content (AvgIpc) is 3.25. The number of amides is 1. The van der Waals surface area contributed by atoms with Crippen LogP contribution in [0.25, 0.3) is 11.1 Å². The zero-order valence-corrected chi connectivity index (χ0v) is 19.6. The lowest BCUT2D eigenvalue weighted by Crippen LogP contribution is -2.41. The largest absolute Gasteiger partial charge is 0.378 e. The van der Waals surface area contributed by atoms with Gasteiger partial charge in [-0.25, -0.2) is 13.4 Å². The van der Waals surface area contributed by atoms with Gasteiger partial charge in [0, 0.05) is 29.7 Å². The summed E-state index contributed by atoms with van der Waals surface area (Å²) in [5.41, 5.74) is 2.22. The monoisotopic (exact) mass is 485 g/mol. The maximum atomic E-state index is 12.8. The summed E-state index contributed by atoms with van der Waals surface area (Å²) in [6.07, 6.45) is 1.69. The molecule has 8 nitrogen and oxygen atoms in total. The first-order valence-corrected chi connectivity index (χ1v) is 12.7. The van der Waals surface area contributed by atoms with Crippen LogP contribution >= 0.6 is 11.3 Å². The summed E-state index contributed by atoms with van der Waals surface area (Å²) < 4.78 is 33.3. The fourth-order valence-electron chi connectivity index (χ4n) is 3.43. The number of hydrogen-bond donors (Lipinski definition) is 1. The Kier molecular flexibility index (Phi) is 6.87. The zero-order chi connectivity index (χ0) is 23.4. The molecule has 2 aromatic carbocycles. The SMILES string of the molecule is CC(=O)c1cccc(-c2ccc(S(=O)(=O)Nc3ncc(CC(=O)N4CCOCC4)s3)cc2)c1. The summed E-state index contributed by atoms with van der Waals surface area (Å²) in [5.74, 6) is -0.0597. The van der Waals surface area contributed by atoms with E-state index in [1.165, 1.54) is 25.3 Å². The summed E-state index contributed by atoms with van der Waals surface area (Å²) in [4.78, 5) is 30.6. The Balaban J connectivity index is 1.43. The van der Waals surface area contributed by atoms with Gasteiger partial charge in [0.05, 0.1) is 24.5 Å². The number of aromatic nitrogens is 1. The van der Waals surface area contributed by atoms with Crippen molar-refractivity contribution in [2.75, 3.05) is 31.0 Å². The number of nitrogens with zero attached hydrogens (tertiary/aromatic N) is 2. The molecule has 3 aromatic rings. The molecule has 0 radical (unpaired) electrons. The second kappa shape index (κ2) is 9.82. The van der Waals surface area contributed by atoms with Crippen molar-refractivity contribution in [2.45, 2.75) is 18.2 Å². The number of ketones is 1. The van der Waals surface area contributed by atoms with Crippen LogP contribution in [0.1, 0.15) is 22.2 Å². The van der Waals surface area contributed by atoms with E-state index >= 15 is 0 Å². The van der Waals surface area contributed by atoms with E-state index in [1.54, 1.807) is 35.2 Å². The minimum Gasteiger partial charge on any atom is -0.378 e. The molecule has 1 aliphatic heterocycles. The Hall–Kier alpha value is -3.08. The van der Waals surface area contributed by atoms with Gasteiger partial charge in [-0.1, -0.05) is 30.3 Å². The highest BCUT2D eigenvalue weighted by molar-refractivity contribution is 7.93. The number of benzene rings is 2. The summed E-state index contributed by atoms with van der Waals surface area (Å²) in [6, 6.07) is 13.6. The minimum absolute atomic E-state index is 0.0270. The molecule has 1 N–H and O–H groups in total. The van der Waals surface area contributed by atoms with Crippen LogP contribution in [0.15, 0.2) is 59.6 Å². The number of carbonyl (C=O) groups is 2. The quantitative estimate of drug-likeness (QED) is 0.515. The Morgan fingerprint density at radius 3 is 2.52 bits per heavy atom. The molecule has 1 fully saturated rings. The van der Waals surface area contributed by atoms with Crippen molar-refractivity contribution in [3.63, 3.8) is 0 Å². The smallest absolute Gasteiger partial charge is 0.263 e. The van der Waals surface area contributed by atoms with E-state index in [0.717, 1.165) is 22.5 Å². The Labute approximate surface area is 196 Å². The number of sulfonamides is 1. The lowest BCUT2D eigenvalue weighted by atomic mass is 10.0. The number of morpholine rings is 1. The third-order valence-corrected chi connectivity index (χ3v) is 7.63. The van der Waals surface area contributed by atoms with E-state index in [-0.39, 0.29) is 28.1 Å². The molecule has 4 rings (SSSR count). The molecule has 0 aliphatic carbocycles. The van der Waals surface area contributed by atoms with Gasteiger partial charge in [-0.05, 0) is 36.2 Å². The maximum Gasteiger partial charge on any atom is 0.263 e. The van der Waals surface area contributed by atoms with Gasteiger partial charge in [0.25, 0.3) is 10.0 Å². The van der Waals surface area contributed by atoms with Crippen molar-refractivity contribution in [2.24, 2.45) is 0 Å². The van der Waals surface area contributed by atoms with E-state index in [4.69, 9.17) is 4.74 Å². The first-order chi connectivity index (χ1) is 15.8. The van der Waals surface area contributed by atoms with E-state index in [9.17, 15) is 18.0 Å². The van der Waals surface area contributed by atoms with Crippen molar-refractivity contribution < 1.29 is 22.7 Å². The van der Waals surface area contributed by atoms with Crippen molar-refractivity contribution in [1.82, 2.24) is 9.88 Å². The molecule has 1 aliphatic rings. The number of carbonyl (C=O) groups excluding carboxylic acids is 2. The predicted octanol–water partition coefficient (Wildman–Crippen LogP) is 3.21. The molecule has 2 heterocycles. The summed E-state index contributed by atoms with van der Waals surface area (Å²) in [5, 5.41) is 0.206. The van der Waals surface area contributed by atoms with Gasteiger partial charge >= 0.3 is 0 Å². The number of anilines is 1. The van der Waals surface area contributed by atoms with Crippen LogP contribution in [-0.2, 0) is 26.0 Å². The van der Waals surface area contributed by atoms with Gasteiger partial charge in [0.1, 0.15) is 0 Å². The fraction of sp³-hybridized carbons (Fsp3) is 0.261. The van der Waals surface area contributed by atoms with Crippen molar-refractivity contribution in [1.29, 1.82) is 0 Å². The van der Waals surface area contributed by atoms with E-state index in [2.05, 4.69) is 9.71 Å². The average molecular weight is 486 g/mol. The van der Waals surface area contributed by atoms with Gasteiger partial charge in [-0.2, -0.15) is 0 Å². The molecule has 1 saturated heterocycles. The second-order valence-corrected chi connectivity index (χ2v) is 10.4. The van der Waals surface area contributed by atoms with Crippen LogP contribution in [0.3, 0.4) is 0 Å². The van der Waals surface area contributed by atoms with Crippen LogP contribution in [0.2, 0.25) is 0 Å². The highest BCUT2D eigenvalue weighted by Gasteiger charge is 2.20. The Morgan fingerprint density at radius 1 is 1.09 bits per heavy atom. The number of ether oxygens (including phenoxy) is 1. The first-order valence-electron chi connectivity index (χ1n) is 10.4. The summed E-state index contributed by atoms with van der Waals surface area (Å²) in [7, 11) is -3.84. The van der Waals surface area contributed by atoms with E-state index in [0.29, 0.717) is 36.7 Å². The van der Waals surface area contributed by atoms with Gasteiger partial charge < -0.3 is 9.64 Å². The van der Waals surface area contributed by atoms with Crippen LogP contribution in [0, 0.1) is 0 Å². The molecule has 0 unspecified atom stereocenters. The summed E-state index contributed by atoms with van der Waals surface area (Å²) >= 11 is 1.14. The van der Waals surface area contributed by atoms with Gasteiger partial charge in [-0.15, -0.1) is 11.3 Å². The second-order valence-electron chi connectivity index (χ2n) is 7.57. The predicted molar refractivity (Wildman–Crippen MR) is 126 cm³/mol. The molecule has 0 spiro atoms. The molecule has 33 heavy (non-hydrogen) atoms. The standard InChI is InChI=1S/C23H23N3O5S2/c1-16(27)18-3-2-4-19(13-18)17-5-7-21(8-6-17)33(29,30)25-23-24-15-20(32-23)14-22(28)26-9-11-31-12-10-26/h2-8,13,15H,9-12,14H2,1H3,(H,24,25). The van der Waals surface area contributed by atoms with E-state index in [1.807, 2.05) is 6.07 Å². The molecule has 172 valence electrons. The highest BCUT2D eigenvalue weighted by Crippen LogP contribution is 2.25. The van der Waals surface area contributed by atoms with Gasteiger partial charge in [0.2, 0.25) is 5.91 Å². The Bertz CT molecular complexity index is 1260. The molecule has 1 amide bonds. The summed E-state index contributed by atoms with van der Waals surface area (Å²) in [6.45, 7) is 3.68. The van der Waals surface area contributed by atoms with Crippen LogP contribution in [0.4, 0.5) is 5.13 Å². The van der Waals surface area contributed by atoms with E-state index < -0.39 is 10.0 Å². The molecule has 0 bridgehead atoms. The van der Waals surface area contributed by atoms with Crippen molar-refractivity contribution >= 4 is 38.2 Å². The third kappa shape index (κ3) is 5.65. The number of hydrogen-bond acceptors (Lipinski definition) is 7. The van der Waals surface area contributed by atoms with Crippen molar-refractivity contribution in [3.8, 4) is 11.1 Å². The first kappa shape index (κ1) is 23.1. The van der Waals surface area contributed by atoms with Crippen molar-refractivity contribution in [3.05, 3.63) is 65.2 Å². The van der Waals surface area contributed by atoms with Crippen LogP contribution < -0.4 is 4.72 Å². The normalized spacial score (nSPS) is 14.2. The number of thiazole rings is 1. The molecule has 0 saturated carbocycles. The molecule has 0 atom stereocenters. The van der Waals surface area contributed by atoms with Crippen LogP contribution in [0.5, 0.6) is 0 Å². The lowest BCUT2D eigenvalue weighted by molar-refractivity contribution is -0.134. The number of nitrogens with one attached hydrogen (secondary N) is 1. The molecule has 10 heteroatoms. The topological polar surface area (TPSA) is 106 Å². The highest BCUT2D eigenvalue weighted by atomic mass is 32.2. The maximum absolute atomic E-state index is 12.8. The fourth-order valence-corrected chi connectivity index (χ4v) is 5.47. The lowest BCUT2D eigenvalue weighted by Gasteiger charge is -2.26. The van der Waals surface area contributed by atoms with Gasteiger partial charge in [-0.3, -0.25) is 14.3 Å².